The third kappa shape index (κ3) is 1.85. The predicted octanol–water partition coefficient (Wildman–Crippen LogP) is 3.06. The largest absolute Gasteiger partial charge is 0.406 e. The van der Waals surface area contributed by atoms with Crippen LogP contribution in [0.25, 0.3) is 0 Å². The van der Waals surface area contributed by atoms with E-state index in [1.54, 1.807) is 0 Å². The molecule has 0 aromatic heterocycles. The molecule has 4 heteroatoms. The number of fused-ring (bicyclic) bond motifs is 1. The molecule has 2 saturated carbocycles. The standard InChI is InChI=1S/C18H23NO3/c1-3-10-7-13-12(5-6-15(13)20)14(8-10)16-19-18(17(21)22-16)9-11(18)4-2/h8,10-13H,3-7,9H2,1-2H3/t10-,11+,12+,13+,18+/m1/s1. The number of ether oxygens (including phenoxy) is 1. The van der Waals surface area contributed by atoms with Crippen molar-refractivity contribution in [2.45, 2.75) is 57.9 Å². The van der Waals surface area contributed by atoms with Crippen LogP contribution < -0.4 is 0 Å². The molecule has 4 nitrogen and oxygen atoms in total. The molecule has 3 aliphatic carbocycles. The van der Waals surface area contributed by atoms with Gasteiger partial charge in [-0.2, -0.15) is 0 Å². The van der Waals surface area contributed by atoms with Crippen molar-refractivity contribution in [3.05, 3.63) is 11.6 Å². The van der Waals surface area contributed by atoms with E-state index in [4.69, 9.17) is 9.73 Å². The highest BCUT2D eigenvalue weighted by Crippen LogP contribution is 2.54. The van der Waals surface area contributed by atoms with E-state index in [-0.39, 0.29) is 17.8 Å². The summed E-state index contributed by atoms with van der Waals surface area (Å²) >= 11 is 0. The van der Waals surface area contributed by atoms with Crippen molar-refractivity contribution < 1.29 is 14.3 Å². The van der Waals surface area contributed by atoms with Crippen molar-refractivity contribution in [1.29, 1.82) is 0 Å². The van der Waals surface area contributed by atoms with E-state index in [0.717, 1.165) is 37.7 Å². The van der Waals surface area contributed by atoms with Gasteiger partial charge < -0.3 is 4.74 Å². The molecule has 0 unspecified atom stereocenters. The van der Waals surface area contributed by atoms with Gasteiger partial charge >= 0.3 is 5.97 Å². The van der Waals surface area contributed by atoms with Crippen LogP contribution in [-0.4, -0.2) is 23.2 Å². The van der Waals surface area contributed by atoms with Crippen LogP contribution in [-0.2, 0) is 14.3 Å². The van der Waals surface area contributed by atoms with Crippen molar-refractivity contribution in [1.82, 2.24) is 0 Å². The molecular formula is C18H23NO3. The second-order valence-corrected chi connectivity index (χ2v) is 7.28. The van der Waals surface area contributed by atoms with Gasteiger partial charge in [0.05, 0.1) is 0 Å². The number of allylic oxidation sites excluding steroid dienone is 1. The minimum atomic E-state index is -0.581. The minimum absolute atomic E-state index is 0.115. The zero-order chi connectivity index (χ0) is 15.5. The molecule has 0 N–H and O–H groups in total. The van der Waals surface area contributed by atoms with E-state index in [2.05, 4.69) is 19.9 Å². The van der Waals surface area contributed by atoms with Crippen LogP contribution in [0.5, 0.6) is 0 Å². The van der Waals surface area contributed by atoms with Crippen molar-refractivity contribution in [3.8, 4) is 0 Å². The van der Waals surface area contributed by atoms with Gasteiger partial charge in [-0.3, -0.25) is 4.79 Å². The lowest BCUT2D eigenvalue weighted by Crippen LogP contribution is -2.28. The van der Waals surface area contributed by atoms with Crippen molar-refractivity contribution in [2.75, 3.05) is 0 Å². The maximum Gasteiger partial charge on any atom is 0.341 e. The Morgan fingerprint density at radius 1 is 1.27 bits per heavy atom. The molecule has 1 heterocycles. The van der Waals surface area contributed by atoms with Gasteiger partial charge in [0, 0.05) is 17.9 Å². The molecule has 0 radical (unpaired) electrons. The molecule has 1 aliphatic heterocycles. The van der Waals surface area contributed by atoms with Crippen molar-refractivity contribution >= 4 is 17.7 Å². The third-order valence-electron chi connectivity index (χ3n) is 6.15. The molecule has 0 saturated heterocycles. The molecule has 0 amide bonds. The van der Waals surface area contributed by atoms with Gasteiger partial charge in [0.15, 0.2) is 5.54 Å². The summed E-state index contributed by atoms with van der Waals surface area (Å²) < 4.78 is 5.58. The van der Waals surface area contributed by atoms with Gasteiger partial charge in [-0.1, -0.05) is 26.3 Å². The number of esters is 1. The number of carbonyl (C=O) groups excluding carboxylic acids is 2. The van der Waals surface area contributed by atoms with Crippen LogP contribution in [0, 0.1) is 23.7 Å². The summed E-state index contributed by atoms with van der Waals surface area (Å²) in [6.07, 6.45) is 7.53. The lowest BCUT2D eigenvalue weighted by molar-refractivity contribution is -0.136. The van der Waals surface area contributed by atoms with E-state index >= 15 is 0 Å². The fraction of sp³-hybridized carbons (Fsp3) is 0.722. The van der Waals surface area contributed by atoms with Gasteiger partial charge in [-0.05, 0) is 43.4 Å². The van der Waals surface area contributed by atoms with Crippen LogP contribution in [0.3, 0.4) is 0 Å². The quantitative estimate of drug-likeness (QED) is 0.753. The smallest absolute Gasteiger partial charge is 0.341 e. The molecule has 0 aromatic rings. The Hall–Kier alpha value is -1.45. The fourth-order valence-corrected chi connectivity index (χ4v) is 4.60. The normalized spacial score (nSPS) is 43.0. The lowest BCUT2D eigenvalue weighted by atomic mass is 9.75. The molecule has 0 aromatic carbocycles. The lowest BCUT2D eigenvalue weighted by Gasteiger charge is -2.29. The molecule has 0 bridgehead atoms. The molecule has 1 spiro atoms. The number of aliphatic imine (C=N–C) groups is 1. The summed E-state index contributed by atoms with van der Waals surface area (Å²) in [6, 6.07) is 0. The first-order valence-corrected chi connectivity index (χ1v) is 8.66. The minimum Gasteiger partial charge on any atom is -0.406 e. The van der Waals surface area contributed by atoms with Crippen LogP contribution >= 0.6 is 0 Å². The molecule has 22 heavy (non-hydrogen) atoms. The van der Waals surface area contributed by atoms with Crippen molar-refractivity contribution in [2.24, 2.45) is 28.7 Å². The van der Waals surface area contributed by atoms with E-state index < -0.39 is 5.54 Å². The van der Waals surface area contributed by atoms with E-state index in [9.17, 15) is 9.59 Å². The van der Waals surface area contributed by atoms with Gasteiger partial charge in [0.2, 0.25) is 5.90 Å². The molecule has 118 valence electrons. The molecule has 4 aliphatic rings. The van der Waals surface area contributed by atoms with Gasteiger partial charge in [0.1, 0.15) is 5.78 Å². The Morgan fingerprint density at radius 2 is 2.09 bits per heavy atom. The number of hydrogen-bond donors (Lipinski definition) is 0. The zero-order valence-electron chi connectivity index (χ0n) is 13.3. The van der Waals surface area contributed by atoms with Gasteiger partial charge in [-0.15, -0.1) is 0 Å². The Balaban J connectivity index is 1.68. The first kappa shape index (κ1) is 14.2. The summed E-state index contributed by atoms with van der Waals surface area (Å²) in [4.78, 5) is 29.1. The number of hydrogen-bond acceptors (Lipinski definition) is 4. The number of nitrogens with zero attached hydrogens (tertiary/aromatic N) is 1. The fourth-order valence-electron chi connectivity index (χ4n) is 4.60. The van der Waals surface area contributed by atoms with Crippen LogP contribution in [0.4, 0.5) is 0 Å². The highest BCUT2D eigenvalue weighted by molar-refractivity contribution is 6.10. The number of carbonyl (C=O) groups is 2. The van der Waals surface area contributed by atoms with E-state index in [0.29, 0.717) is 29.9 Å². The Morgan fingerprint density at radius 3 is 2.77 bits per heavy atom. The van der Waals surface area contributed by atoms with E-state index in [1.165, 1.54) is 0 Å². The van der Waals surface area contributed by atoms with Gasteiger partial charge in [-0.25, -0.2) is 9.79 Å². The Bertz CT molecular complexity index is 605. The first-order valence-electron chi connectivity index (χ1n) is 8.66. The van der Waals surface area contributed by atoms with Crippen LogP contribution in [0.15, 0.2) is 16.6 Å². The molecular weight excluding hydrogens is 278 g/mol. The topological polar surface area (TPSA) is 55.7 Å². The number of rotatable bonds is 3. The van der Waals surface area contributed by atoms with Crippen LogP contribution in [0.1, 0.15) is 52.4 Å². The second kappa shape index (κ2) is 4.77. The summed E-state index contributed by atoms with van der Waals surface area (Å²) in [7, 11) is 0. The second-order valence-electron chi connectivity index (χ2n) is 7.28. The zero-order valence-corrected chi connectivity index (χ0v) is 13.3. The summed E-state index contributed by atoms with van der Waals surface area (Å²) in [5.41, 5.74) is 0.461. The number of ketones is 1. The average molecular weight is 301 g/mol. The van der Waals surface area contributed by atoms with Crippen molar-refractivity contribution in [3.63, 3.8) is 0 Å². The van der Waals surface area contributed by atoms with Crippen LogP contribution in [0.2, 0.25) is 0 Å². The maximum atomic E-state index is 12.3. The SMILES string of the molecule is CC[C@H]1C=C(C2=N[C@]3(C[C@@H]3CC)C(=O)O2)[C@H]2CCC(=O)[C@H]2C1. The first-order chi connectivity index (χ1) is 10.6. The average Bonchev–Trinajstić information content (AvgIpc) is 2.98. The highest BCUT2D eigenvalue weighted by Gasteiger charge is 2.64. The Labute approximate surface area is 131 Å². The maximum absolute atomic E-state index is 12.3. The third-order valence-corrected chi connectivity index (χ3v) is 6.15. The summed E-state index contributed by atoms with van der Waals surface area (Å²) in [5, 5.41) is 0. The predicted molar refractivity (Wildman–Crippen MR) is 82.4 cm³/mol. The summed E-state index contributed by atoms with van der Waals surface area (Å²) in [5.74, 6) is 1.81. The number of Topliss-reactive ketones (excluding diaryl/α,β-unsaturated/α-hetero) is 1. The summed E-state index contributed by atoms with van der Waals surface area (Å²) in [6.45, 7) is 4.25. The Kier molecular flexibility index (Phi) is 3.07. The molecule has 4 rings (SSSR count). The van der Waals surface area contributed by atoms with E-state index in [1.807, 2.05) is 0 Å². The van der Waals surface area contributed by atoms with Gasteiger partial charge in [0.25, 0.3) is 0 Å². The highest BCUT2D eigenvalue weighted by atomic mass is 16.6. The molecule has 5 atom stereocenters. The molecule has 2 fully saturated rings. The number of cyclic esters (lactones) is 1. The monoisotopic (exact) mass is 301 g/mol.